The molecule has 134 valence electrons. The Hall–Kier alpha value is -0.570. The van der Waals surface area contributed by atoms with Crippen molar-refractivity contribution in [3.05, 3.63) is 0 Å². The highest BCUT2D eigenvalue weighted by Gasteiger charge is 2.67. The number of fused-ring (bicyclic) bond motifs is 4. The number of carbonyl (C=O) groups excluding carboxylic acids is 1. The summed E-state index contributed by atoms with van der Waals surface area (Å²) in [5, 5.41) is 0. The smallest absolute Gasteiger partial charge is 0.312 e. The summed E-state index contributed by atoms with van der Waals surface area (Å²) in [6, 6.07) is 0. The molecule has 0 amide bonds. The summed E-state index contributed by atoms with van der Waals surface area (Å²) < 4.78 is 11.4. The van der Waals surface area contributed by atoms with Crippen molar-refractivity contribution in [1.82, 2.24) is 0 Å². The number of ether oxygens (including phenoxy) is 2. The van der Waals surface area contributed by atoms with Crippen molar-refractivity contribution in [2.24, 2.45) is 40.4 Å². The number of carbonyl (C=O) groups is 1. The lowest BCUT2D eigenvalue weighted by Gasteiger charge is -2.60. The molecule has 4 saturated carbocycles. The van der Waals surface area contributed by atoms with Crippen LogP contribution in [0, 0.1) is 40.4 Å². The minimum Gasteiger partial charge on any atom is -0.465 e. The first-order chi connectivity index (χ1) is 11.7. The van der Waals surface area contributed by atoms with E-state index in [9.17, 15) is 4.79 Å². The quantitative estimate of drug-likeness (QED) is 0.711. The maximum atomic E-state index is 12.7. The van der Waals surface area contributed by atoms with Gasteiger partial charge < -0.3 is 9.47 Å². The van der Waals surface area contributed by atoms with Gasteiger partial charge in [-0.1, -0.05) is 12.8 Å². The summed E-state index contributed by atoms with van der Waals surface area (Å²) in [6.45, 7) is 1.66. The van der Waals surface area contributed by atoms with E-state index in [0.717, 1.165) is 30.8 Å². The second kappa shape index (κ2) is 5.46. The monoisotopic (exact) mass is 332 g/mol. The minimum absolute atomic E-state index is 0.0864. The van der Waals surface area contributed by atoms with Crippen molar-refractivity contribution in [3.63, 3.8) is 0 Å². The van der Waals surface area contributed by atoms with E-state index < -0.39 is 0 Å². The molecule has 1 spiro atoms. The molecule has 1 heterocycles. The zero-order valence-electron chi connectivity index (χ0n) is 15.1. The Bertz CT molecular complexity index is 527. The molecule has 0 aromatic rings. The number of hydrogen-bond acceptors (Lipinski definition) is 3. The normalized spacial score (nSPS) is 52.9. The molecular formula is C21H32O3. The van der Waals surface area contributed by atoms with Gasteiger partial charge in [0, 0.05) is 13.0 Å². The maximum Gasteiger partial charge on any atom is 0.312 e. The van der Waals surface area contributed by atoms with Gasteiger partial charge in [0.05, 0.1) is 18.6 Å². The molecule has 24 heavy (non-hydrogen) atoms. The largest absolute Gasteiger partial charge is 0.465 e. The molecule has 0 N–H and O–H groups in total. The molecule has 0 bridgehead atoms. The molecule has 7 atom stereocenters. The van der Waals surface area contributed by atoms with Crippen molar-refractivity contribution in [2.75, 3.05) is 20.3 Å². The molecule has 5 rings (SSSR count). The van der Waals surface area contributed by atoms with Crippen molar-refractivity contribution in [2.45, 2.75) is 64.2 Å². The van der Waals surface area contributed by atoms with E-state index in [4.69, 9.17) is 9.47 Å². The van der Waals surface area contributed by atoms with E-state index >= 15 is 0 Å². The summed E-state index contributed by atoms with van der Waals surface area (Å²) in [7, 11) is 1.90. The SMILES string of the molecule is COC[C@]12CCCCC1CC[C@@H]1C2CC[C@]23C(=O)OC[C@H]2CCC13. The average molecular weight is 332 g/mol. The summed E-state index contributed by atoms with van der Waals surface area (Å²) in [5.74, 6) is 3.71. The number of rotatable bonds is 2. The summed E-state index contributed by atoms with van der Waals surface area (Å²) >= 11 is 0. The Morgan fingerprint density at radius 3 is 2.75 bits per heavy atom. The lowest BCUT2D eigenvalue weighted by molar-refractivity contribution is -0.168. The molecule has 0 aromatic heterocycles. The molecule has 1 aliphatic heterocycles. The Balaban J connectivity index is 1.51. The van der Waals surface area contributed by atoms with E-state index in [-0.39, 0.29) is 11.4 Å². The van der Waals surface area contributed by atoms with Gasteiger partial charge in [0.2, 0.25) is 0 Å². The van der Waals surface area contributed by atoms with Crippen molar-refractivity contribution in [3.8, 4) is 0 Å². The Kier molecular flexibility index (Phi) is 3.57. The maximum absolute atomic E-state index is 12.7. The first kappa shape index (κ1) is 15.7. The first-order valence-corrected chi connectivity index (χ1v) is 10.4. The summed E-state index contributed by atoms with van der Waals surface area (Å²) in [6.07, 6.45) is 13.1. The molecule has 3 nitrogen and oxygen atoms in total. The van der Waals surface area contributed by atoms with Gasteiger partial charge in [-0.25, -0.2) is 0 Å². The fraction of sp³-hybridized carbons (Fsp3) is 0.952. The molecule has 5 aliphatic rings. The van der Waals surface area contributed by atoms with Crippen LogP contribution in [-0.4, -0.2) is 26.3 Å². The van der Waals surface area contributed by atoms with Gasteiger partial charge in [0.15, 0.2) is 0 Å². The lowest BCUT2D eigenvalue weighted by Crippen LogP contribution is -2.56. The summed E-state index contributed by atoms with van der Waals surface area (Å²) in [4.78, 5) is 12.7. The van der Waals surface area contributed by atoms with Crippen LogP contribution in [0.4, 0.5) is 0 Å². The predicted molar refractivity (Wildman–Crippen MR) is 91.3 cm³/mol. The number of cyclic esters (lactones) is 1. The summed E-state index contributed by atoms with van der Waals surface area (Å²) in [5.41, 5.74) is 0.328. The second-order valence-corrected chi connectivity index (χ2v) is 9.51. The van der Waals surface area contributed by atoms with Crippen LogP contribution < -0.4 is 0 Å². The number of methoxy groups -OCH3 is 1. The highest BCUT2D eigenvalue weighted by Crippen LogP contribution is 2.69. The van der Waals surface area contributed by atoms with Crippen LogP contribution in [0.15, 0.2) is 0 Å². The Morgan fingerprint density at radius 2 is 1.88 bits per heavy atom. The highest BCUT2D eigenvalue weighted by atomic mass is 16.5. The predicted octanol–water partition coefficient (Wildman–Crippen LogP) is 4.20. The van der Waals surface area contributed by atoms with E-state index in [1.807, 2.05) is 7.11 Å². The zero-order chi connectivity index (χ0) is 16.4. The van der Waals surface area contributed by atoms with E-state index in [1.165, 1.54) is 57.8 Å². The van der Waals surface area contributed by atoms with E-state index in [1.54, 1.807) is 0 Å². The molecule has 0 radical (unpaired) electrons. The van der Waals surface area contributed by atoms with Crippen molar-refractivity contribution >= 4 is 5.97 Å². The number of hydrogen-bond donors (Lipinski definition) is 0. The van der Waals surface area contributed by atoms with Crippen LogP contribution in [0.25, 0.3) is 0 Å². The van der Waals surface area contributed by atoms with E-state index in [2.05, 4.69) is 0 Å². The van der Waals surface area contributed by atoms with Crippen LogP contribution in [0.2, 0.25) is 0 Å². The second-order valence-electron chi connectivity index (χ2n) is 9.51. The lowest BCUT2D eigenvalue weighted by atomic mass is 9.44. The molecule has 3 unspecified atom stereocenters. The van der Waals surface area contributed by atoms with Gasteiger partial charge >= 0.3 is 5.97 Å². The average Bonchev–Trinajstić information content (AvgIpc) is 3.12. The van der Waals surface area contributed by atoms with Gasteiger partial charge in [-0.3, -0.25) is 4.79 Å². The Labute approximate surface area is 145 Å². The van der Waals surface area contributed by atoms with Crippen LogP contribution in [0.1, 0.15) is 64.2 Å². The molecular weight excluding hydrogens is 300 g/mol. The molecule has 5 fully saturated rings. The van der Waals surface area contributed by atoms with Crippen molar-refractivity contribution < 1.29 is 14.3 Å². The third-order valence-electron chi connectivity index (χ3n) is 9.17. The fourth-order valence-electron chi connectivity index (χ4n) is 8.37. The fourth-order valence-corrected chi connectivity index (χ4v) is 8.37. The molecule has 3 heteroatoms. The van der Waals surface area contributed by atoms with Gasteiger partial charge in [-0.05, 0) is 80.5 Å². The van der Waals surface area contributed by atoms with Crippen LogP contribution in [0.5, 0.6) is 0 Å². The van der Waals surface area contributed by atoms with Crippen molar-refractivity contribution in [1.29, 1.82) is 0 Å². The Morgan fingerprint density at radius 1 is 1.00 bits per heavy atom. The number of esters is 1. The molecule has 1 saturated heterocycles. The van der Waals surface area contributed by atoms with Crippen LogP contribution >= 0.6 is 0 Å². The van der Waals surface area contributed by atoms with Gasteiger partial charge in [0.1, 0.15) is 0 Å². The van der Waals surface area contributed by atoms with Crippen LogP contribution in [0.3, 0.4) is 0 Å². The topological polar surface area (TPSA) is 35.5 Å². The zero-order valence-corrected chi connectivity index (χ0v) is 15.1. The third kappa shape index (κ3) is 1.80. The standard InChI is InChI=1S/C21H32O3/c1-23-13-20-10-3-2-4-14(20)5-7-16-17(20)9-11-21-15(6-8-18(16)21)12-24-19(21)22/h14-18H,2-13H2,1H3/t14?,15-,16-,17?,18?,20-,21+/m1/s1. The highest BCUT2D eigenvalue weighted by molar-refractivity contribution is 5.80. The third-order valence-corrected chi connectivity index (χ3v) is 9.17. The van der Waals surface area contributed by atoms with Crippen LogP contribution in [-0.2, 0) is 14.3 Å². The first-order valence-electron chi connectivity index (χ1n) is 10.4. The molecule has 0 aromatic carbocycles. The minimum atomic E-state index is -0.0864. The van der Waals surface area contributed by atoms with Gasteiger partial charge in [0.25, 0.3) is 0 Å². The van der Waals surface area contributed by atoms with Gasteiger partial charge in [-0.15, -0.1) is 0 Å². The van der Waals surface area contributed by atoms with E-state index in [0.29, 0.717) is 23.9 Å². The molecule has 4 aliphatic carbocycles. The van der Waals surface area contributed by atoms with Gasteiger partial charge in [-0.2, -0.15) is 0 Å².